The van der Waals surface area contributed by atoms with Crippen LogP contribution in [0, 0.1) is 11.6 Å². The van der Waals surface area contributed by atoms with Gasteiger partial charge in [-0.15, -0.1) is 0 Å². The van der Waals surface area contributed by atoms with E-state index in [1.54, 1.807) is 18.3 Å². The summed E-state index contributed by atoms with van der Waals surface area (Å²) in [5, 5.41) is 7.33. The number of methoxy groups -OCH3 is 1. The molecule has 0 radical (unpaired) electrons. The van der Waals surface area contributed by atoms with Gasteiger partial charge in [-0.3, -0.25) is 4.72 Å². The van der Waals surface area contributed by atoms with Crippen LogP contribution in [0.4, 0.5) is 20.4 Å². The van der Waals surface area contributed by atoms with Crippen LogP contribution < -0.4 is 20.1 Å². The van der Waals surface area contributed by atoms with Crippen LogP contribution in [0.25, 0.3) is 22.0 Å². The second-order valence-electron chi connectivity index (χ2n) is 9.36. The van der Waals surface area contributed by atoms with Gasteiger partial charge in [0.15, 0.2) is 10.7 Å². The molecular formula is C27H27ClF2N6O3S. The van der Waals surface area contributed by atoms with Gasteiger partial charge in [-0.1, -0.05) is 18.5 Å². The van der Waals surface area contributed by atoms with Crippen molar-refractivity contribution < 1.29 is 21.9 Å². The van der Waals surface area contributed by atoms with Crippen molar-refractivity contribution in [3.05, 3.63) is 64.9 Å². The number of hydrogen-bond acceptors (Lipinski definition) is 8. The molecule has 210 valence electrons. The molecule has 1 atom stereocenters. The van der Waals surface area contributed by atoms with E-state index in [4.69, 9.17) is 16.3 Å². The summed E-state index contributed by atoms with van der Waals surface area (Å²) >= 11 is 5.92. The van der Waals surface area contributed by atoms with E-state index in [9.17, 15) is 8.42 Å². The molecule has 0 amide bonds. The molecule has 9 nitrogen and oxygen atoms in total. The number of ether oxygens (including phenoxy) is 1. The third-order valence-corrected chi connectivity index (χ3v) is 8.23. The fraction of sp³-hybridized carbons (Fsp3) is 0.296. The van der Waals surface area contributed by atoms with E-state index in [1.165, 1.54) is 13.3 Å². The molecule has 13 heteroatoms. The standard InChI is InChI=1S/C27H27ClF2N6O3S/c1-3-15-9-16(10-17-12-33-27(35-25(15)17)34-19-5-4-8-31-14-19)23-20(29)6-7-21(24(23)30)36-40(37,38)22-11-18(28)13-32-26(22)39-2/h6-7,9-13,19,31,36H,3-5,8,14H2,1-2H3,(H,33,34,35). The molecule has 0 aliphatic carbocycles. The molecule has 1 saturated heterocycles. The summed E-state index contributed by atoms with van der Waals surface area (Å²) in [6, 6.07) is 6.60. The Hall–Kier alpha value is -3.61. The summed E-state index contributed by atoms with van der Waals surface area (Å²) in [7, 11) is -3.15. The number of hydrogen-bond donors (Lipinski definition) is 3. The van der Waals surface area contributed by atoms with E-state index >= 15 is 8.78 Å². The third-order valence-electron chi connectivity index (χ3n) is 6.66. The Morgan fingerprint density at radius 3 is 2.73 bits per heavy atom. The number of fused-ring (bicyclic) bond motifs is 1. The zero-order valence-corrected chi connectivity index (χ0v) is 23.3. The Bertz CT molecular complexity index is 1680. The van der Waals surface area contributed by atoms with Gasteiger partial charge in [-0.25, -0.2) is 32.2 Å². The monoisotopic (exact) mass is 588 g/mol. The van der Waals surface area contributed by atoms with E-state index in [-0.39, 0.29) is 28.1 Å². The van der Waals surface area contributed by atoms with Crippen LogP contribution in [-0.4, -0.2) is 49.6 Å². The van der Waals surface area contributed by atoms with Gasteiger partial charge in [0, 0.05) is 30.4 Å². The van der Waals surface area contributed by atoms with Gasteiger partial charge in [-0.2, -0.15) is 0 Å². The maximum absolute atomic E-state index is 15.8. The number of aromatic nitrogens is 3. The summed E-state index contributed by atoms with van der Waals surface area (Å²) in [6.07, 6.45) is 5.45. The molecule has 1 fully saturated rings. The van der Waals surface area contributed by atoms with Gasteiger partial charge in [0.25, 0.3) is 10.0 Å². The van der Waals surface area contributed by atoms with Crippen molar-refractivity contribution in [2.24, 2.45) is 0 Å². The normalized spacial score (nSPS) is 15.7. The molecule has 1 aliphatic heterocycles. The molecule has 1 aliphatic rings. The SMILES string of the molecule is CCc1cc(-c2c(F)ccc(NS(=O)(=O)c3cc(Cl)cnc3OC)c2F)cc2cnc(NC3CCCNC3)nc12. The molecule has 0 spiro atoms. The summed E-state index contributed by atoms with van der Waals surface area (Å²) in [6.45, 7) is 3.73. The Morgan fingerprint density at radius 2 is 2.00 bits per heavy atom. The zero-order valence-electron chi connectivity index (χ0n) is 21.8. The molecule has 3 heterocycles. The van der Waals surface area contributed by atoms with Crippen LogP contribution in [-0.2, 0) is 16.4 Å². The average molecular weight is 589 g/mol. The molecule has 4 aromatic rings. The van der Waals surface area contributed by atoms with Gasteiger partial charge in [0.05, 0.1) is 28.9 Å². The fourth-order valence-electron chi connectivity index (χ4n) is 4.71. The second kappa shape index (κ2) is 11.5. The van der Waals surface area contributed by atoms with Crippen molar-refractivity contribution in [2.45, 2.75) is 37.1 Å². The van der Waals surface area contributed by atoms with Gasteiger partial charge in [0.1, 0.15) is 5.82 Å². The average Bonchev–Trinajstić information content (AvgIpc) is 2.95. The first-order valence-electron chi connectivity index (χ1n) is 12.7. The molecule has 3 N–H and O–H groups in total. The molecule has 5 rings (SSSR count). The van der Waals surface area contributed by atoms with Crippen molar-refractivity contribution in [1.82, 2.24) is 20.3 Å². The first-order valence-corrected chi connectivity index (χ1v) is 14.5. The summed E-state index contributed by atoms with van der Waals surface area (Å²) < 4.78 is 64.3. The minimum absolute atomic E-state index is 0.0423. The lowest BCUT2D eigenvalue weighted by Crippen LogP contribution is -2.38. The maximum Gasteiger partial charge on any atom is 0.267 e. The van der Waals surface area contributed by atoms with E-state index in [0.717, 1.165) is 49.7 Å². The van der Waals surface area contributed by atoms with Gasteiger partial charge >= 0.3 is 0 Å². The lowest BCUT2D eigenvalue weighted by Gasteiger charge is -2.23. The lowest BCUT2D eigenvalue weighted by molar-refractivity contribution is 0.385. The van der Waals surface area contributed by atoms with Gasteiger partial charge < -0.3 is 15.4 Å². The predicted molar refractivity (Wildman–Crippen MR) is 150 cm³/mol. The number of aryl methyl sites for hydroxylation is 1. The highest BCUT2D eigenvalue weighted by Crippen LogP contribution is 2.35. The molecule has 1 unspecified atom stereocenters. The molecular weight excluding hydrogens is 562 g/mol. The van der Waals surface area contributed by atoms with Crippen LogP contribution in [0.5, 0.6) is 5.88 Å². The van der Waals surface area contributed by atoms with Gasteiger partial charge in [0.2, 0.25) is 11.8 Å². The van der Waals surface area contributed by atoms with E-state index in [0.29, 0.717) is 23.3 Å². The lowest BCUT2D eigenvalue weighted by atomic mass is 9.97. The third kappa shape index (κ3) is 5.65. The van der Waals surface area contributed by atoms with Crippen LogP contribution >= 0.6 is 11.6 Å². The summed E-state index contributed by atoms with van der Waals surface area (Å²) in [5.41, 5.74) is 0.824. The number of piperidine rings is 1. The highest BCUT2D eigenvalue weighted by molar-refractivity contribution is 7.92. The summed E-state index contributed by atoms with van der Waals surface area (Å²) in [4.78, 5) is 12.6. The zero-order chi connectivity index (χ0) is 28.4. The van der Waals surface area contributed by atoms with Crippen molar-refractivity contribution in [3.63, 3.8) is 0 Å². The minimum atomic E-state index is -4.39. The number of nitrogens with zero attached hydrogens (tertiary/aromatic N) is 3. The highest BCUT2D eigenvalue weighted by Gasteiger charge is 2.25. The number of halogens is 3. The Balaban J connectivity index is 1.52. The topological polar surface area (TPSA) is 118 Å². The highest BCUT2D eigenvalue weighted by atomic mass is 35.5. The fourth-order valence-corrected chi connectivity index (χ4v) is 6.14. The van der Waals surface area contributed by atoms with Gasteiger partial charge in [-0.05, 0) is 67.3 Å². The van der Waals surface area contributed by atoms with Crippen LogP contribution in [0.3, 0.4) is 0 Å². The number of benzene rings is 2. The molecule has 2 aromatic carbocycles. The largest absolute Gasteiger partial charge is 0.480 e. The van der Waals surface area contributed by atoms with E-state index < -0.39 is 32.2 Å². The molecule has 0 saturated carbocycles. The second-order valence-corrected chi connectivity index (χ2v) is 11.4. The Kier molecular flexibility index (Phi) is 8.02. The van der Waals surface area contributed by atoms with Crippen molar-refractivity contribution in [1.29, 1.82) is 0 Å². The van der Waals surface area contributed by atoms with Crippen molar-refractivity contribution >= 4 is 44.2 Å². The Morgan fingerprint density at radius 1 is 1.18 bits per heavy atom. The van der Waals surface area contributed by atoms with E-state index in [2.05, 4.69) is 30.3 Å². The number of sulfonamides is 1. The van der Waals surface area contributed by atoms with E-state index in [1.807, 2.05) is 6.92 Å². The van der Waals surface area contributed by atoms with Crippen LogP contribution in [0.15, 0.2) is 47.6 Å². The summed E-state index contributed by atoms with van der Waals surface area (Å²) in [5.74, 6) is -1.67. The first-order chi connectivity index (χ1) is 19.2. The number of pyridine rings is 1. The number of anilines is 2. The maximum atomic E-state index is 15.8. The minimum Gasteiger partial charge on any atom is -0.480 e. The van der Waals surface area contributed by atoms with Crippen LogP contribution in [0.1, 0.15) is 25.3 Å². The van der Waals surface area contributed by atoms with Crippen molar-refractivity contribution in [2.75, 3.05) is 30.2 Å². The number of rotatable bonds is 8. The predicted octanol–water partition coefficient (Wildman–Crippen LogP) is 5.16. The quantitative estimate of drug-likeness (QED) is 0.258. The first kappa shape index (κ1) is 27.9. The molecule has 40 heavy (non-hydrogen) atoms. The van der Waals surface area contributed by atoms with Crippen LogP contribution in [0.2, 0.25) is 5.02 Å². The Labute approximate surface area is 235 Å². The molecule has 2 aromatic heterocycles. The smallest absolute Gasteiger partial charge is 0.267 e. The molecule has 0 bridgehead atoms. The number of nitrogens with one attached hydrogen (secondary N) is 3. The van der Waals surface area contributed by atoms with Crippen molar-refractivity contribution in [3.8, 4) is 17.0 Å².